The third-order valence-electron chi connectivity index (χ3n) is 2.88. The number of aromatic nitrogens is 1. The van der Waals surface area contributed by atoms with E-state index in [1.54, 1.807) is 12.1 Å². The maximum atomic E-state index is 11.9. The van der Waals surface area contributed by atoms with Crippen LogP contribution in [0.1, 0.15) is 41.8 Å². The highest BCUT2D eigenvalue weighted by atomic mass is 35.5. The number of hydrogen-bond donors (Lipinski definition) is 1. The van der Waals surface area contributed by atoms with Crippen molar-refractivity contribution in [3.8, 4) is 0 Å². The lowest BCUT2D eigenvalue weighted by Crippen LogP contribution is -2.12. The Bertz CT molecular complexity index is 662. The lowest BCUT2D eigenvalue weighted by Gasteiger charge is -2.14. The summed E-state index contributed by atoms with van der Waals surface area (Å²) < 4.78 is 5.25. The Balaban J connectivity index is 2.01. The van der Waals surface area contributed by atoms with E-state index in [9.17, 15) is 4.79 Å². The minimum absolute atomic E-state index is 0.0105. The molecule has 0 saturated heterocycles. The average molecular weight is 325 g/mol. The molecule has 0 aliphatic carbocycles. The van der Waals surface area contributed by atoms with Crippen molar-refractivity contribution < 1.29 is 9.53 Å². The smallest absolute Gasteiger partial charge is 0.338 e. The molecule has 0 aliphatic heterocycles. The first-order chi connectivity index (χ1) is 9.77. The van der Waals surface area contributed by atoms with Crippen LogP contribution in [0.15, 0.2) is 23.6 Å². The molecule has 1 aromatic carbocycles. The van der Waals surface area contributed by atoms with E-state index in [2.05, 4.69) is 25.8 Å². The van der Waals surface area contributed by atoms with E-state index in [0.717, 1.165) is 10.7 Å². The molecule has 2 N–H and O–H groups in total. The summed E-state index contributed by atoms with van der Waals surface area (Å²) in [6.45, 7) is 6.43. The van der Waals surface area contributed by atoms with Crippen molar-refractivity contribution in [2.75, 3.05) is 5.73 Å². The summed E-state index contributed by atoms with van der Waals surface area (Å²) in [4.78, 5) is 16.4. The summed E-state index contributed by atoms with van der Waals surface area (Å²) in [5.41, 5.74) is 7.39. The van der Waals surface area contributed by atoms with Gasteiger partial charge in [-0.1, -0.05) is 32.4 Å². The fourth-order valence-electron chi connectivity index (χ4n) is 1.60. The van der Waals surface area contributed by atoms with Crippen LogP contribution >= 0.6 is 22.9 Å². The number of hydrogen-bond acceptors (Lipinski definition) is 5. The number of esters is 1. The third-order valence-corrected chi connectivity index (χ3v) is 4.05. The molecule has 0 bridgehead atoms. The van der Waals surface area contributed by atoms with Crippen molar-refractivity contribution in [1.82, 2.24) is 4.98 Å². The molecule has 0 fully saturated rings. The Morgan fingerprint density at radius 2 is 2.14 bits per heavy atom. The van der Waals surface area contributed by atoms with Gasteiger partial charge >= 0.3 is 5.97 Å². The van der Waals surface area contributed by atoms with Crippen LogP contribution in [0.4, 0.5) is 5.69 Å². The SMILES string of the molecule is CC(C)(C)c1csc(COC(=O)c2ccc(Cl)c(N)c2)n1. The van der Waals surface area contributed by atoms with Crippen molar-refractivity contribution in [3.63, 3.8) is 0 Å². The Morgan fingerprint density at radius 3 is 2.71 bits per heavy atom. The van der Waals surface area contributed by atoms with Crippen molar-refractivity contribution >= 4 is 34.6 Å². The van der Waals surface area contributed by atoms with E-state index in [1.807, 2.05) is 5.38 Å². The zero-order valence-corrected chi connectivity index (χ0v) is 13.7. The monoisotopic (exact) mass is 324 g/mol. The van der Waals surface area contributed by atoms with Crippen molar-refractivity contribution in [2.45, 2.75) is 32.8 Å². The van der Waals surface area contributed by atoms with Gasteiger partial charge in [0, 0.05) is 10.8 Å². The Hall–Kier alpha value is -1.59. The van der Waals surface area contributed by atoms with Crippen LogP contribution in [0.5, 0.6) is 0 Å². The molecule has 0 amide bonds. The molecule has 0 aliphatic rings. The number of thiazole rings is 1. The summed E-state index contributed by atoms with van der Waals surface area (Å²) >= 11 is 7.30. The lowest BCUT2D eigenvalue weighted by atomic mass is 9.93. The molecule has 0 atom stereocenters. The fourth-order valence-corrected chi connectivity index (χ4v) is 2.65. The molecule has 6 heteroatoms. The van der Waals surface area contributed by atoms with Crippen molar-refractivity contribution in [2.24, 2.45) is 0 Å². The summed E-state index contributed by atoms with van der Waals surface area (Å²) in [6.07, 6.45) is 0. The molecule has 1 heterocycles. The summed E-state index contributed by atoms with van der Waals surface area (Å²) in [6, 6.07) is 4.67. The number of ether oxygens (including phenoxy) is 1. The number of carbonyl (C=O) groups is 1. The van der Waals surface area contributed by atoms with Gasteiger partial charge in [0.25, 0.3) is 0 Å². The third kappa shape index (κ3) is 3.95. The Labute approximate surface area is 132 Å². The second kappa shape index (κ2) is 6.03. The van der Waals surface area contributed by atoms with Gasteiger partial charge in [-0.2, -0.15) is 0 Å². The van der Waals surface area contributed by atoms with Crippen molar-refractivity contribution in [3.05, 3.63) is 44.9 Å². The number of halogens is 1. The number of benzene rings is 1. The number of anilines is 1. The number of nitrogen functional groups attached to an aromatic ring is 1. The van der Waals surface area contributed by atoms with Crippen LogP contribution in [0.2, 0.25) is 5.02 Å². The molecule has 112 valence electrons. The normalized spacial score (nSPS) is 11.4. The van der Waals surface area contributed by atoms with E-state index < -0.39 is 5.97 Å². The molecule has 2 rings (SSSR count). The molecule has 0 saturated carbocycles. The van der Waals surface area contributed by atoms with Crippen LogP contribution in [0, 0.1) is 0 Å². The van der Waals surface area contributed by atoms with Crippen LogP contribution < -0.4 is 5.73 Å². The zero-order chi connectivity index (χ0) is 15.6. The van der Waals surface area contributed by atoms with Crippen LogP contribution in [0.25, 0.3) is 0 Å². The zero-order valence-electron chi connectivity index (χ0n) is 12.1. The van der Waals surface area contributed by atoms with E-state index in [0.29, 0.717) is 16.3 Å². The lowest BCUT2D eigenvalue weighted by molar-refractivity contribution is 0.0472. The largest absolute Gasteiger partial charge is 0.455 e. The van der Waals surface area contributed by atoms with E-state index in [-0.39, 0.29) is 12.0 Å². The van der Waals surface area contributed by atoms with E-state index >= 15 is 0 Å². The number of nitrogens with zero attached hydrogens (tertiary/aromatic N) is 1. The quantitative estimate of drug-likeness (QED) is 0.683. The molecule has 1 aromatic heterocycles. The predicted octanol–water partition coefficient (Wildman–Crippen LogP) is 4.03. The van der Waals surface area contributed by atoms with Gasteiger partial charge in [0.05, 0.1) is 22.0 Å². The second-order valence-electron chi connectivity index (χ2n) is 5.69. The van der Waals surface area contributed by atoms with Gasteiger partial charge in [0.2, 0.25) is 0 Å². The number of carbonyl (C=O) groups excluding carboxylic acids is 1. The second-order valence-corrected chi connectivity index (χ2v) is 7.04. The first-order valence-corrected chi connectivity index (χ1v) is 7.70. The van der Waals surface area contributed by atoms with Crippen LogP contribution in [0.3, 0.4) is 0 Å². The van der Waals surface area contributed by atoms with Gasteiger partial charge < -0.3 is 10.5 Å². The number of nitrogens with two attached hydrogens (primary N) is 1. The standard InChI is InChI=1S/C15H17ClN2O2S/c1-15(2,3)12-8-21-13(18-12)7-20-14(19)9-4-5-10(16)11(17)6-9/h4-6,8H,7,17H2,1-3H3. The van der Waals surface area contributed by atoms with E-state index in [1.165, 1.54) is 17.4 Å². The summed E-state index contributed by atoms with van der Waals surface area (Å²) in [5.74, 6) is -0.439. The molecular formula is C15H17ClN2O2S. The average Bonchev–Trinajstić information content (AvgIpc) is 2.88. The highest BCUT2D eigenvalue weighted by Crippen LogP contribution is 2.24. The van der Waals surface area contributed by atoms with Crippen LogP contribution in [-0.2, 0) is 16.8 Å². The highest BCUT2D eigenvalue weighted by Gasteiger charge is 2.18. The van der Waals surface area contributed by atoms with Gasteiger partial charge in [-0.15, -0.1) is 11.3 Å². The van der Waals surface area contributed by atoms with Gasteiger partial charge in [-0.05, 0) is 18.2 Å². The molecule has 0 spiro atoms. The summed E-state index contributed by atoms with van der Waals surface area (Å²) in [5, 5.41) is 3.18. The van der Waals surface area contributed by atoms with Gasteiger partial charge in [-0.25, -0.2) is 9.78 Å². The maximum absolute atomic E-state index is 11.9. The molecule has 0 unspecified atom stereocenters. The molecule has 0 radical (unpaired) electrons. The fraction of sp³-hybridized carbons (Fsp3) is 0.333. The minimum atomic E-state index is -0.439. The van der Waals surface area contributed by atoms with Gasteiger partial charge in [0.15, 0.2) is 0 Å². The first kappa shape index (κ1) is 15.8. The maximum Gasteiger partial charge on any atom is 0.338 e. The molecule has 21 heavy (non-hydrogen) atoms. The molecule has 4 nitrogen and oxygen atoms in total. The van der Waals surface area contributed by atoms with Gasteiger partial charge in [0.1, 0.15) is 11.6 Å². The van der Waals surface area contributed by atoms with Gasteiger partial charge in [-0.3, -0.25) is 0 Å². The number of rotatable bonds is 3. The summed E-state index contributed by atoms with van der Waals surface area (Å²) in [7, 11) is 0. The Morgan fingerprint density at radius 1 is 1.43 bits per heavy atom. The predicted molar refractivity (Wildman–Crippen MR) is 85.8 cm³/mol. The van der Waals surface area contributed by atoms with E-state index in [4.69, 9.17) is 22.1 Å². The van der Waals surface area contributed by atoms with Crippen molar-refractivity contribution in [1.29, 1.82) is 0 Å². The Kier molecular flexibility index (Phi) is 4.54. The first-order valence-electron chi connectivity index (χ1n) is 6.44. The topological polar surface area (TPSA) is 65.2 Å². The minimum Gasteiger partial charge on any atom is -0.455 e. The molecular weight excluding hydrogens is 308 g/mol. The van der Waals surface area contributed by atoms with Crippen LogP contribution in [-0.4, -0.2) is 11.0 Å². The molecule has 2 aromatic rings. The highest BCUT2D eigenvalue weighted by molar-refractivity contribution is 7.09.